The Labute approximate surface area is 165 Å². The molecule has 3 rings (SSSR count). The standard InChI is InChI=1S/C18H15N3O4S2/c1-24-13-5-3-4-12(15(13)25-2)10-14-17(23)21(18(26)27-14)20-16(22)11-6-8-19-9-7-11/h3-10H,1-2H3,(H,20,22). The lowest BCUT2D eigenvalue weighted by atomic mass is 10.1. The Bertz CT molecular complexity index is 931. The SMILES string of the molecule is COc1cccc(C=C2SC(=S)N(NC(=O)c3ccncc3)C2=O)c1OC. The minimum Gasteiger partial charge on any atom is -0.493 e. The molecule has 0 aliphatic carbocycles. The van der Waals surface area contributed by atoms with E-state index < -0.39 is 11.8 Å². The molecule has 0 spiro atoms. The summed E-state index contributed by atoms with van der Waals surface area (Å²) in [6.07, 6.45) is 4.64. The van der Waals surface area contributed by atoms with Crippen molar-refractivity contribution in [2.45, 2.75) is 0 Å². The Kier molecular flexibility index (Phi) is 5.72. The Morgan fingerprint density at radius 3 is 2.63 bits per heavy atom. The summed E-state index contributed by atoms with van der Waals surface area (Å²) in [6, 6.07) is 8.44. The van der Waals surface area contributed by atoms with Crippen molar-refractivity contribution in [1.29, 1.82) is 0 Å². The molecule has 0 unspecified atom stereocenters. The van der Waals surface area contributed by atoms with Gasteiger partial charge in [-0.3, -0.25) is 20.0 Å². The van der Waals surface area contributed by atoms with Crippen LogP contribution in [0.15, 0.2) is 47.6 Å². The number of nitrogens with one attached hydrogen (secondary N) is 1. The molecule has 1 aliphatic heterocycles. The Balaban J connectivity index is 1.84. The van der Waals surface area contributed by atoms with Crippen molar-refractivity contribution in [3.8, 4) is 11.5 Å². The van der Waals surface area contributed by atoms with E-state index in [0.717, 1.165) is 16.8 Å². The van der Waals surface area contributed by atoms with Crippen molar-refractivity contribution in [2.24, 2.45) is 0 Å². The van der Waals surface area contributed by atoms with E-state index in [1.807, 2.05) is 0 Å². The first-order valence-corrected chi connectivity index (χ1v) is 8.97. The van der Waals surface area contributed by atoms with Crippen LogP contribution in [0.25, 0.3) is 6.08 Å². The highest BCUT2D eigenvalue weighted by Crippen LogP contribution is 2.36. The number of aromatic nitrogens is 1. The molecule has 1 N–H and O–H groups in total. The number of hydrogen-bond donors (Lipinski definition) is 1. The number of nitrogens with zero attached hydrogens (tertiary/aromatic N) is 2. The first-order chi connectivity index (χ1) is 13.0. The Hall–Kier alpha value is -2.91. The van der Waals surface area contributed by atoms with Crippen molar-refractivity contribution >= 4 is 46.2 Å². The molecule has 7 nitrogen and oxygen atoms in total. The topological polar surface area (TPSA) is 80.8 Å². The number of rotatable bonds is 5. The van der Waals surface area contributed by atoms with Crippen LogP contribution < -0.4 is 14.9 Å². The molecule has 1 aromatic heterocycles. The van der Waals surface area contributed by atoms with E-state index in [9.17, 15) is 9.59 Å². The van der Waals surface area contributed by atoms with Crippen LogP contribution in [0.1, 0.15) is 15.9 Å². The molecule has 0 saturated carbocycles. The van der Waals surface area contributed by atoms with Crippen LogP contribution in [0.4, 0.5) is 0 Å². The number of methoxy groups -OCH3 is 2. The lowest BCUT2D eigenvalue weighted by Gasteiger charge is -2.15. The van der Waals surface area contributed by atoms with Crippen molar-refractivity contribution in [3.63, 3.8) is 0 Å². The monoisotopic (exact) mass is 401 g/mol. The van der Waals surface area contributed by atoms with Gasteiger partial charge >= 0.3 is 0 Å². The van der Waals surface area contributed by atoms with Gasteiger partial charge in [0.1, 0.15) is 0 Å². The predicted octanol–water partition coefficient (Wildman–Crippen LogP) is 2.65. The molecule has 1 aliphatic rings. The number of benzene rings is 1. The highest BCUT2D eigenvalue weighted by Gasteiger charge is 2.34. The maximum Gasteiger partial charge on any atom is 0.285 e. The fourth-order valence-corrected chi connectivity index (χ4v) is 3.57. The average Bonchev–Trinajstić information content (AvgIpc) is 2.95. The number of thioether (sulfide) groups is 1. The number of ether oxygens (including phenoxy) is 2. The predicted molar refractivity (Wildman–Crippen MR) is 106 cm³/mol. The molecule has 1 saturated heterocycles. The zero-order valence-electron chi connectivity index (χ0n) is 14.5. The smallest absolute Gasteiger partial charge is 0.285 e. The molecule has 138 valence electrons. The summed E-state index contributed by atoms with van der Waals surface area (Å²) in [5, 5.41) is 1.06. The molecule has 2 amide bonds. The van der Waals surface area contributed by atoms with Crippen LogP contribution in [-0.2, 0) is 4.79 Å². The highest BCUT2D eigenvalue weighted by atomic mass is 32.2. The van der Waals surface area contributed by atoms with Crippen LogP contribution in [0.5, 0.6) is 11.5 Å². The number of thiocarbonyl (C=S) groups is 1. The van der Waals surface area contributed by atoms with Gasteiger partial charge in [-0.25, -0.2) is 0 Å². The zero-order chi connectivity index (χ0) is 19.4. The number of carbonyl (C=O) groups excluding carboxylic acids is 2. The third-order valence-electron chi connectivity index (χ3n) is 3.67. The summed E-state index contributed by atoms with van der Waals surface area (Å²) in [5.74, 6) is 0.185. The van der Waals surface area contributed by atoms with Gasteiger partial charge in [-0.2, -0.15) is 5.01 Å². The van der Waals surface area contributed by atoms with Crippen molar-refractivity contribution in [1.82, 2.24) is 15.4 Å². The van der Waals surface area contributed by atoms with Crippen molar-refractivity contribution in [2.75, 3.05) is 14.2 Å². The van der Waals surface area contributed by atoms with E-state index in [4.69, 9.17) is 21.7 Å². The Morgan fingerprint density at radius 1 is 1.22 bits per heavy atom. The molecule has 0 atom stereocenters. The lowest BCUT2D eigenvalue weighted by Crippen LogP contribution is -2.44. The summed E-state index contributed by atoms with van der Waals surface area (Å²) in [5.41, 5.74) is 3.56. The molecule has 1 fully saturated rings. The third-order valence-corrected chi connectivity index (χ3v) is 4.97. The molecule has 0 bridgehead atoms. The van der Waals surface area contributed by atoms with Crippen LogP contribution in [0.2, 0.25) is 0 Å². The molecule has 2 aromatic rings. The molecule has 0 radical (unpaired) electrons. The van der Waals surface area contributed by atoms with E-state index in [1.54, 1.807) is 36.4 Å². The minimum absolute atomic E-state index is 0.232. The van der Waals surface area contributed by atoms with Crippen LogP contribution in [-0.4, -0.2) is 40.3 Å². The second-order valence-electron chi connectivity index (χ2n) is 5.28. The van der Waals surface area contributed by atoms with Gasteiger partial charge in [0.25, 0.3) is 11.8 Å². The number of carbonyl (C=O) groups is 2. The Morgan fingerprint density at radius 2 is 1.96 bits per heavy atom. The number of pyridine rings is 1. The van der Waals surface area contributed by atoms with E-state index in [0.29, 0.717) is 27.5 Å². The van der Waals surface area contributed by atoms with Gasteiger partial charge in [-0.1, -0.05) is 23.9 Å². The molecule has 1 aromatic carbocycles. The first-order valence-electron chi connectivity index (χ1n) is 7.75. The molecular weight excluding hydrogens is 386 g/mol. The van der Waals surface area contributed by atoms with Crippen LogP contribution >= 0.6 is 24.0 Å². The average molecular weight is 401 g/mol. The summed E-state index contributed by atoms with van der Waals surface area (Å²) in [6.45, 7) is 0. The van der Waals surface area contributed by atoms with E-state index in [-0.39, 0.29) is 4.32 Å². The summed E-state index contributed by atoms with van der Waals surface area (Å²) >= 11 is 6.33. The largest absolute Gasteiger partial charge is 0.493 e. The summed E-state index contributed by atoms with van der Waals surface area (Å²) in [7, 11) is 3.06. The molecule has 2 heterocycles. The second-order valence-corrected chi connectivity index (χ2v) is 6.95. The van der Waals surface area contributed by atoms with Crippen LogP contribution in [0.3, 0.4) is 0 Å². The van der Waals surface area contributed by atoms with Gasteiger partial charge in [0, 0.05) is 23.5 Å². The van der Waals surface area contributed by atoms with E-state index in [2.05, 4.69) is 10.4 Å². The van der Waals surface area contributed by atoms with Gasteiger partial charge in [-0.15, -0.1) is 0 Å². The number of amides is 2. The normalized spacial score (nSPS) is 15.2. The molecule has 27 heavy (non-hydrogen) atoms. The van der Waals surface area contributed by atoms with Gasteiger partial charge < -0.3 is 9.47 Å². The van der Waals surface area contributed by atoms with Gasteiger partial charge in [0.2, 0.25) is 0 Å². The highest BCUT2D eigenvalue weighted by molar-refractivity contribution is 8.26. The number of hydrogen-bond acceptors (Lipinski definition) is 7. The van der Waals surface area contributed by atoms with E-state index in [1.165, 1.54) is 26.6 Å². The third kappa shape index (κ3) is 3.93. The van der Waals surface area contributed by atoms with Gasteiger partial charge in [-0.05, 0) is 36.5 Å². The van der Waals surface area contributed by atoms with E-state index >= 15 is 0 Å². The number of hydrazine groups is 1. The lowest BCUT2D eigenvalue weighted by molar-refractivity contribution is -0.123. The van der Waals surface area contributed by atoms with Gasteiger partial charge in [0.15, 0.2) is 15.8 Å². The zero-order valence-corrected chi connectivity index (χ0v) is 16.1. The van der Waals surface area contributed by atoms with Crippen molar-refractivity contribution < 1.29 is 19.1 Å². The van der Waals surface area contributed by atoms with Gasteiger partial charge in [0.05, 0.1) is 19.1 Å². The van der Waals surface area contributed by atoms with Crippen molar-refractivity contribution in [3.05, 3.63) is 58.8 Å². The maximum absolute atomic E-state index is 12.7. The molecule has 9 heteroatoms. The molecular formula is C18H15N3O4S2. The fourth-order valence-electron chi connectivity index (χ4n) is 2.40. The number of para-hydroxylation sites is 1. The second kappa shape index (κ2) is 8.19. The maximum atomic E-state index is 12.7. The summed E-state index contributed by atoms with van der Waals surface area (Å²) < 4.78 is 10.9. The minimum atomic E-state index is -0.450. The fraction of sp³-hybridized carbons (Fsp3) is 0.111. The quantitative estimate of drug-likeness (QED) is 0.609. The van der Waals surface area contributed by atoms with Crippen LogP contribution in [0, 0.1) is 0 Å². The first kappa shape index (κ1) is 18.9. The summed E-state index contributed by atoms with van der Waals surface area (Å²) in [4.78, 5) is 29.2.